The summed E-state index contributed by atoms with van der Waals surface area (Å²) in [6.07, 6.45) is 3.02. The first-order chi connectivity index (χ1) is 10.3. The SMILES string of the molecule is O=C(Nc1ccc(Nc2ccccc2)nc1)c1cnsn1. The molecule has 0 spiro atoms. The quantitative estimate of drug-likeness (QED) is 0.774. The Bertz CT molecular complexity index is 713. The number of rotatable bonds is 4. The Hall–Kier alpha value is -2.80. The minimum Gasteiger partial charge on any atom is -0.340 e. The maximum absolute atomic E-state index is 11.8. The van der Waals surface area contributed by atoms with E-state index in [0.717, 1.165) is 17.4 Å². The normalized spacial score (nSPS) is 10.1. The van der Waals surface area contributed by atoms with Gasteiger partial charge in [-0.3, -0.25) is 4.79 Å². The van der Waals surface area contributed by atoms with Crippen LogP contribution in [0.1, 0.15) is 10.5 Å². The lowest BCUT2D eigenvalue weighted by molar-refractivity contribution is 0.102. The number of aromatic nitrogens is 3. The summed E-state index contributed by atoms with van der Waals surface area (Å²) >= 11 is 0.996. The molecule has 0 fully saturated rings. The fourth-order valence-electron chi connectivity index (χ4n) is 1.67. The molecule has 0 atom stereocenters. The number of anilines is 3. The van der Waals surface area contributed by atoms with E-state index < -0.39 is 0 Å². The van der Waals surface area contributed by atoms with Crippen molar-refractivity contribution in [3.8, 4) is 0 Å². The molecule has 2 N–H and O–H groups in total. The second-order valence-corrected chi connectivity index (χ2v) is 4.73. The molecule has 3 rings (SSSR count). The fraction of sp³-hybridized carbons (Fsp3) is 0. The molecule has 1 amide bonds. The summed E-state index contributed by atoms with van der Waals surface area (Å²) in [5.74, 6) is 0.406. The van der Waals surface area contributed by atoms with Gasteiger partial charge in [-0.25, -0.2) is 4.98 Å². The molecule has 0 radical (unpaired) electrons. The Kier molecular flexibility index (Phi) is 3.83. The van der Waals surface area contributed by atoms with E-state index >= 15 is 0 Å². The first kappa shape index (κ1) is 13.2. The van der Waals surface area contributed by atoms with Gasteiger partial charge in [0.25, 0.3) is 5.91 Å². The summed E-state index contributed by atoms with van der Waals surface area (Å²) in [5, 5.41) is 5.88. The highest BCUT2D eigenvalue weighted by Gasteiger charge is 2.08. The predicted octanol–water partition coefficient (Wildman–Crippen LogP) is 2.93. The van der Waals surface area contributed by atoms with E-state index in [1.807, 2.05) is 30.3 Å². The van der Waals surface area contributed by atoms with Crippen LogP contribution in [0.15, 0.2) is 54.9 Å². The summed E-state index contributed by atoms with van der Waals surface area (Å²) < 4.78 is 7.66. The number of carbonyl (C=O) groups excluding carboxylic acids is 1. The second-order valence-electron chi connectivity index (χ2n) is 4.17. The van der Waals surface area contributed by atoms with Crippen molar-refractivity contribution in [1.82, 2.24) is 13.7 Å². The number of pyridine rings is 1. The monoisotopic (exact) mass is 297 g/mol. The number of hydrogen-bond donors (Lipinski definition) is 2. The molecule has 6 nitrogen and oxygen atoms in total. The van der Waals surface area contributed by atoms with Crippen molar-refractivity contribution in [1.29, 1.82) is 0 Å². The molecular weight excluding hydrogens is 286 g/mol. The maximum Gasteiger partial charge on any atom is 0.277 e. The van der Waals surface area contributed by atoms with Crippen LogP contribution in [0.25, 0.3) is 0 Å². The van der Waals surface area contributed by atoms with E-state index in [-0.39, 0.29) is 5.91 Å². The molecule has 0 saturated carbocycles. The van der Waals surface area contributed by atoms with Gasteiger partial charge < -0.3 is 10.6 Å². The molecular formula is C14H11N5OS. The summed E-state index contributed by atoms with van der Waals surface area (Å²) in [6, 6.07) is 13.3. The molecule has 0 aliphatic carbocycles. The Morgan fingerprint density at radius 1 is 1.00 bits per heavy atom. The number of benzene rings is 1. The molecule has 21 heavy (non-hydrogen) atoms. The Labute approximate surface area is 125 Å². The van der Waals surface area contributed by atoms with Crippen molar-refractivity contribution in [2.24, 2.45) is 0 Å². The van der Waals surface area contributed by atoms with E-state index in [1.165, 1.54) is 6.20 Å². The third-order valence-corrected chi connectivity index (χ3v) is 3.14. The average Bonchev–Trinajstić information content (AvgIpc) is 3.05. The molecule has 3 aromatic rings. The second kappa shape index (κ2) is 6.10. The van der Waals surface area contributed by atoms with Crippen molar-refractivity contribution in [2.45, 2.75) is 0 Å². The minimum absolute atomic E-state index is 0.297. The molecule has 0 aliphatic rings. The molecule has 1 aromatic carbocycles. The molecule has 0 aliphatic heterocycles. The van der Waals surface area contributed by atoms with Crippen molar-refractivity contribution in [3.05, 3.63) is 60.6 Å². The highest BCUT2D eigenvalue weighted by Crippen LogP contribution is 2.16. The lowest BCUT2D eigenvalue weighted by Crippen LogP contribution is -2.12. The van der Waals surface area contributed by atoms with E-state index in [9.17, 15) is 4.79 Å². The van der Waals surface area contributed by atoms with Crippen LogP contribution in [-0.4, -0.2) is 19.6 Å². The average molecular weight is 297 g/mol. The number of carbonyl (C=O) groups is 1. The Morgan fingerprint density at radius 3 is 2.52 bits per heavy atom. The Balaban J connectivity index is 1.65. The molecule has 2 aromatic heterocycles. The first-order valence-electron chi connectivity index (χ1n) is 6.18. The van der Waals surface area contributed by atoms with Gasteiger partial charge in [-0.2, -0.15) is 8.75 Å². The van der Waals surface area contributed by atoms with Crippen LogP contribution >= 0.6 is 11.7 Å². The van der Waals surface area contributed by atoms with Gasteiger partial charge in [0.15, 0.2) is 5.69 Å². The number of nitrogens with zero attached hydrogens (tertiary/aromatic N) is 3. The van der Waals surface area contributed by atoms with Crippen molar-refractivity contribution in [2.75, 3.05) is 10.6 Å². The third kappa shape index (κ3) is 3.40. The highest BCUT2D eigenvalue weighted by molar-refractivity contribution is 6.99. The van der Waals surface area contributed by atoms with E-state index in [4.69, 9.17) is 0 Å². The van der Waals surface area contributed by atoms with Crippen LogP contribution in [0.3, 0.4) is 0 Å². The summed E-state index contributed by atoms with van der Waals surface area (Å²) in [6.45, 7) is 0. The topological polar surface area (TPSA) is 79.8 Å². The first-order valence-corrected chi connectivity index (χ1v) is 6.91. The third-order valence-electron chi connectivity index (χ3n) is 2.66. The largest absolute Gasteiger partial charge is 0.340 e. The molecule has 0 bridgehead atoms. The van der Waals surface area contributed by atoms with E-state index in [0.29, 0.717) is 17.2 Å². The highest BCUT2D eigenvalue weighted by atomic mass is 32.1. The summed E-state index contributed by atoms with van der Waals surface area (Å²) in [4.78, 5) is 16.0. The maximum atomic E-state index is 11.8. The lowest BCUT2D eigenvalue weighted by Gasteiger charge is -2.07. The number of para-hydroxylation sites is 1. The van der Waals surface area contributed by atoms with Crippen LogP contribution in [0, 0.1) is 0 Å². The zero-order valence-corrected chi connectivity index (χ0v) is 11.7. The van der Waals surface area contributed by atoms with Crippen molar-refractivity contribution >= 4 is 34.8 Å². The van der Waals surface area contributed by atoms with Crippen LogP contribution in [-0.2, 0) is 0 Å². The number of amides is 1. The zero-order chi connectivity index (χ0) is 14.5. The van der Waals surface area contributed by atoms with Gasteiger partial charge in [-0.15, -0.1) is 0 Å². The Morgan fingerprint density at radius 2 is 1.86 bits per heavy atom. The van der Waals surface area contributed by atoms with Gasteiger partial charge in [0.1, 0.15) is 5.82 Å². The van der Waals surface area contributed by atoms with Gasteiger partial charge in [-0.1, -0.05) is 18.2 Å². The van der Waals surface area contributed by atoms with Crippen LogP contribution in [0.2, 0.25) is 0 Å². The predicted molar refractivity (Wildman–Crippen MR) is 81.8 cm³/mol. The minimum atomic E-state index is -0.297. The van der Waals surface area contributed by atoms with Gasteiger partial charge in [0.2, 0.25) is 0 Å². The van der Waals surface area contributed by atoms with Gasteiger partial charge in [0.05, 0.1) is 29.8 Å². The summed E-state index contributed by atoms with van der Waals surface area (Å²) in [5.41, 5.74) is 1.86. The summed E-state index contributed by atoms with van der Waals surface area (Å²) in [7, 11) is 0. The van der Waals surface area contributed by atoms with E-state index in [1.54, 1.807) is 18.3 Å². The molecule has 7 heteroatoms. The van der Waals surface area contributed by atoms with Gasteiger partial charge >= 0.3 is 0 Å². The molecule has 0 saturated heterocycles. The molecule has 0 unspecified atom stereocenters. The van der Waals surface area contributed by atoms with Crippen LogP contribution in [0.5, 0.6) is 0 Å². The van der Waals surface area contributed by atoms with Gasteiger partial charge in [0, 0.05) is 5.69 Å². The van der Waals surface area contributed by atoms with Crippen LogP contribution < -0.4 is 10.6 Å². The van der Waals surface area contributed by atoms with Crippen molar-refractivity contribution < 1.29 is 4.79 Å². The van der Waals surface area contributed by atoms with Crippen LogP contribution in [0.4, 0.5) is 17.2 Å². The fourth-order valence-corrected chi connectivity index (χ4v) is 2.08. The standard InChI is InChI=1S/C14H11N5OS/c20-14(12-9-16-21-19-12)18-11-6-7-13(15-8-11)17-10-4-2-1-3-5-10/h1-9H,(H,15,17)(H,18,20). The number of nitrogens with one attached hydrogen (secondary N) is 2. The molecule has 2 heterocycles. The zero-order valence-electron chi connectivity index (χ0n) is 10.9. The van der Waals surface area contributed by atoms with E-state index in [2.05, 4.69) is 24.4 Å². The van der Waals surface area contributed by atoms with Gasteiger partial charge in [-0.05, 0) is 24.3 Å². The van der Waals surface area contributed by atoms with Crippen molar-refractivity contribution in [3.63, 3.8) is 0 Å². The molecule has 104 valence electrons. The lowest BCUT2D eigenvalue weighted by atomic mass is 10.3. The number of hydrogen-bond acceptors (Lipinski definition) is 6. The smallest absolute Gasteiger partial charge is 0.277 e.